The SMILES string of the molecule is CCN(CC(=O)N[C@H]1CCS(=O)(=O)C1)S(=O)(=O)c1ccc(Br)c(C(=O)O)c1. The molecule has 12 heteroatoms. The van der Waals surface area contributed by atoms with E-state index in [1.54, 1.807) is 6.92 Å². The van der Waals surface area contributed by atoms with Crippen molar-refractivity contribution in [3.63, 3.8) is 0 Å². The van der Waals surface area contributed by atoms with Crippen LogP contribution in [0.15, 0.2) is 27.6 Å². The van der Waals surface area contributed by atoms with Gasteiger partial charge in [0.15, 0.2) is 9.84 Å². The molecule has 1 heterocycles. The lowest BCUT2D eigenvalue weighted by molar-refractivity contribution is -0.121. The number of carboxylic acids is 1. The maximum atomic E-state index is 12.8. The van der Waals surface area contributed by atoms with Crippen molar-refractivity contribution in [3.05, 3.63) is 28.2 Å². The molecule has 0 bridgehead atoms. The van der Waals surface area contributed by atoms with Crippen molar-refractivity contribution in [2.75, 3.05) is 24.6 Å². The molecule has 0 spiro atoms. The summed E-state index contributed by atoms with van der Waals surface area (Å²) >= 11 is 3.05. The lowest BCUT2D eigenvalue weighted by atomic mass is 10.2. The Balaban J connectivity index is 2.17. The Kier molecular flexibility index (Phi) is 6.66. The van der Waals surface area contributed by atoms with Crippen LogP contribution in [0.5, 0.6) is 0 Å². The first-order chi connectivity index (χ1) is 12.5. The minimum Gasteiger partial charge on any atom is -0.478 e. The number of amides is 1. The molecule has 150 valence electrons. The molecule has 1 aliphatic heterocycles. The quantitative estimate of drug-likeness (QED) is 0.575. The largest absolute Gasteiger partial charge is 0.478 e. The second-order valence-corrected chi connectivity index (χ2v) is 11.1. The van der Waals surface area contributed by atoms with Crippen molar-refractivity contribution < 1.29 is 31.5 Å². The number of benzene rings is 1. The predicted octanol–water partition coefficient (Wildman–Crippen LogP) is 0.461. The Labute approximate surface area is 165 Å². The maximum absolute atomic E-state index is 12.8. The highest BCUT2D eigenvalue weighted by atomic mass is 79.9. The average Bonchev–Trinajstić information content (AvgIpc) is 2.90. The molecule has 0 aliphatic carbocycles. The third-order valence-electron chi connectivity index (χ3n) is 4.08. The number of rotatable bonds is 7. The molecule has 0 saturated carbocycles. The molecule has 2 N–H and O–H groups in total. The van der Waals surface area contributed by atoms with E-state index in [0.29, 0.717) is 6.42 Å². The summed E-state index contributed by atoms with van der Waals surface area (Å²) < 4.78 is 49.6. The summed E-state index contributed by atoms with van der Waals surface area (Å²) in [5.41, 5.74) is -0.215. The van der Waals surface area contributed by atoms with Crippen LogP contribution in [0.4, 0.5) is 0 Å². The van der Waals surface area contributed by atoms with E-state index in [4.69, 9.17) is 5.11 Å². The molecule has 1 aromatic rings. The summed E-state index contributed by atoms with van der Waals surface area (Å²) in [6, 6.07) is 3.05. The number of nitrogens with one attached hydrogen (secondary N) is 1. The van der Waals surface area contributed by atoms with Crippen LogP contribution < -0.4 is 5.32 Å². The van der Waals surface area contributed by atoms with Gasteiger partial charge in [0.2, 0.25) is 15.9 Å². The Morgan fingerprint density at radius 2 is 2.04 bits per heavy atom. The van der Waals surface area contributed by atoms with Gasteiger partial charge in [-0.1, -0.05) is 6.92 Å². The molecule has 1 amide bonds. The zero-order chi connectivity index (χ0) is 20.4. The van der Waals surface area contributed by atoms with Crippen LogP contribution in [-0.4, -0.2) is 68.8 Å². The number of sulfone groups is 1. The van der Waals surface area contributed by atoms with Crippen molar-refractivity contribution in [3.8, 4) is 0 Å². The average molecular weight is 483 g/mol. The molecule has 0 aromatic heterocycles. The summed E-state index contributed by atoms with van der Waals surface area (Å²) in [5, 5.41) is 11.7. The fraction of sp³-hybridized carbons (Fsp3) is 0.467. The van der Waals surface area contributed by atoms with E-state index in [9.17, 15) is 26.4 Å². The van der Waals surface area contributed by atoms with Gasteiger partial charge in [0.25, 0.3) is 0 Å². The van der Waals surface area contributed by atoms with Crippen LogP contribution in [0, 0.1) is 0 Å². The van der Waals surface area contributed by atoms with Gasteiger partial charge in [-0.3, -0.25) is 4.79 Å². The van der Waals surface area contributed by atoms with Crippen LogP contribution in [0.1, 0.15) is 23.7 Å². The van der Waals surface area contributed by atoms with Gasteiger partial charge in [-0.15, -0.1) is 0 Å². The molecule has 2 rings (SSSR count). The minimum atomic E-state index is -4.11. The van der Waals surface area contributed by atoms with Crippen LogP contribution in [0.2, 0.25) is 0 Å². The Bertz CT molecular complexity index is 960. The van der Waals surface area contributed by atoms with Gasteiger partial charge < -0.3 is 10.4 Å². The first kappa shape index (κ1) is 21.8. The fourth-order valence-electron chi connectivity index (χ4n) is 2.69. The maximum Gasteiger partial charge on any atom is 0.336 e. The molecule has 1 atom stereocenters. The molecule has 1 saturated heterocycles. The Hall–Kier alpha value is -1.50. The molecular weight excluding hydrogens is 464 g/mol. The van der Waals surface area contributed by atoms with Gasteiger partial charge in [-0.05, 0) is 40.5 Å². The molecule has 1 fully saturated rings. The van der Waals surface area contributed by atoms with Gasteiger partial charge in [0.1, 0.15) is 0 Å². The van der Waals surface area contributed by atoms with Crippen molar-refractivity contribution in [1.29, 1.82) is 0 Å². The van der Waals surface area contributed by atoms with Crippen LogP contribution in [0.3, 0.4) is 0 Å². The number of aromatic carboxylic acids is 1. The van der Waals surface area contributed by atoms with Gasteiger partial charge in [0.05, 0.1) is 28.5 Å². The second kappa shape index (κ2) is 8.25. The summed E-state index contributed by atoms with van der Waals surface area (Å²) in [5.74, 6) is -2.07. The number of carbonyl (C=O) groups is 2. The number of carbonyl (C=O) groups excluding carboxylic acids is 1. The highest BCUT2D eigenvalue weighted by molar-refractivity contribution is 9.10. The van der Waals surface area contributed by atoms with E-state index in [2.05, 4.69) is 21.2 Å². The monoisotopic (exact) mass is 482 g/mol. The number of hydrogen-bond donors (Lipinski definition) is 2. The van der Waals surface area contributed by atoms with E-state index in [1.807, 2.05) is 0 Å². The summed E-state index contributed by atoms with van der Waals surface area (Å²) in [6.07, 6.45) is 0.293. The summed E-state index contributed by atoms with van der Waals surface area (Å²) in [7, 11) is -7.28. The molecule has 27 heavy (non-hydrogen) atoms. The Morgan fingerprint density at radius 1 is 1.37 bits per heavy atom. The first-order valence-corrected chi connectivity index (χ1v) is 12.0. The molecule has 0 radical (unpaired) electrons. The standard InChI is InChI=1S/C15H19BrN2O7S2/c1-2-18(8-14(19)17-10-5-6-26(22,23)9-10)27(24,25)11-3-4-13(16)12(7-11)15(20)21/h3-4,7,10H,2,5-6,8-9H2,1H3,(H,17,19)(H,20,21)/t10-/m0/s1. The van der Waals surface area contributed by atoms with Crippen LogP contribution >= 0.6 is 15.9 Å². The third kappa shape index (κ3) is 5.27. The van der Waals surface area contributed by atoms with Gasteiger partial charge in [-0.2, -0.15) is 4.31 Å². The highest BCUT2D eigenvalue weighted by Gasteiger charge is 2.31. The second-order valence-electron chi connectivity index (χ2n) is 6.05. The van der Waals surface area contributed by atoms with E-state index < -0.39 is 44.3 Å². The number of nitrogens with zero attached hydrogens (tertiary/aromatic N) is 1. The van der Waals surface area contributed by atoms with Crippen molar-refractivity contribution in [2.45, 2.75) is 24.3 Å². The van der Waals surface area contributed by atoms with Gasteiger partial charge in [0, 0.05) is 17.1 Å². The van der Waals surface area contributed by atoms with Crippen LogP contribution in [-0.2, 0) is 24.7 Å². The number of halogens is 1. The molecule has 0 unspecified atom stereocenters. The summed E-state index contributed by atoms with van der Waals surface area (Å²) in [4.78, 5) is 23.1. The third-order valence-corrected chi connectivity index (χ3v) is 8.45. The van der Waals surface area contributed by atoms with Crippen LogP contribution in [0.25, 0.3) is 0 Å². The van der Waals surface area contributed by atoms with Crippen molar-refractivity contribution in [1.82, 2.24) is 9.62 Å². The zero-order valence-electron chi connectivity index (χ0n) is 14.4. The lowest BCUT2D eigenvalue weighted by Gasteiger charge is -2.21. The number of hydrogen-bond acceptors (Lipinski definition) is 6. The van der Waals surface area contributed by atoms with E-state index in [1.165, 1.54) is 12.1 Å². The topological polar surface area (TPSA) is 138 Å². The molecular formula is C15H19BrN2O7S2. The Morgan fingerprint density at radius 3 is 2.56 bits per heavy atom. The smallest absolute Gasteiger partial charge is 0.336 e. The van der Waals surface area contributed by atoms with E-state index in [-0.39, 0.29) is 33.0 Å². The summed E-state index contributed by atoms with van der Waals surface area (Å²) in [6.45, 7) is 1.03. The molecule has 9 nitrogen and oxygen atoms in total. The predicted molar refractivity (Wildman–Crippen MR) is 101 cm³/mol. The van der Waals surface area contributed by atoms with Gasteiger partial charge in [-0.25, -0.2) is 21.6 Å². The molecule has 1 aliphatic rings. The number of carboxylic acid groups (broad SMARTS) is 1. The first-order valence-electron chi connectivity index (χ1n) is 7.99. The van der Waals surface area contributed by atoms with E-state index in [0.717, 1.165) is 10.4 Å². The van der Waals surface area contributed by atoms with Crippen molar-refractivity contribution >= 4 is 47.7 Å². The normalized spacial score (nSPS) is 19.1. The lowest BCUT2D eigenvalue weighted by Crippen LogP contribution is -2.44. The minimum absolute atomic E-state index is 0.00933. The van der Waals surface area contributed by atoms with Crippen molar-refractivity contribution in [2.24, 2.45) is 0 Å². The number of sulfonamides is 1. The number of likely N-dealkylation sites (N-methyl/N-ethyl adjacent to an activating group) is 1. The fourth-order valence-corrected chi connectivity index (χ4v) is 6.21. The van der Waals surface area contributed by atoms with E-state index >= 15 is 0 Å². The molecule has 1 aromatic carbocycles. The highest BCUT2D eigenvalue weighted by Crippen LogP contribution is 2.23. The van der Waals surface area contributed by atoms with Gasteiger partial charge >= 0.3 is 5.97 Å². The zero-order valence-corrected chi connectivity index (χ0v) is 17.6.